The molecule has 0 aromatic heterocycles. The van der Waals surface area contributed by atoms with Gasteiger partial charge in [-0.05, 0) is 49.3 Å². The maximum Gasteiger partial charge on any atom is 0.123 e. The molecule has 0 saturated heterocycles. The molecule has 15 heavy (non-hydrogen) atoms. The van der Waals surface area contributed by atoms with Crippen molar-refractivity contribution in [3.05, 3.63) is 23.3 Å². The molecule has 0 heterocycles. The summed E-state index contributed by atoms with van der Waals surface area (Å²) in [6.45, 7) is 9.31. The molecule has 0 unspecified atom stereocenters. The van der Waals surface area contributed by atoms with E-state index in [0.29, 0.717) is 5.92 Å². The third-order valence-corrected chi connectivity index (χ3v) is 3.33. The number of thioether (sulfide) groups is 1. The number of benzene rings is 1. The Bertz CT molecular complexity index is 332. The molecule has 0 aliphatic carbocycles. The van der Waals surface area contributed by atoms with Crippen LogP contribution in [0, 0.1) is 6.92 Å². The molecule has 84 valence electrons. The van der Waals surface area contributed by atoms with E-state index < -0.39 is 0 Å². The Morgan fingerprint density at radius 2 is 2.00 bits per heavy atom. The molecule has 0 atom stereocenters. The number of rotatable bonds is 4. The van der Waals surface area contributed by atoms with Gasteiger partial charge in [-0.3, -0.25) is 0 Å². The zero-order valence-electron chi connectivity index (χ0n) is 10.3. The van der Waals surface area contributed by atoms with Crippen molar-refractivity contribution in [1.82, 2.24) is 0 Å². The highest BCUT2D eigenvalue weighted by Crippen LogP contribution is 2.33. The lowest BCUT2D eigenvalue weighted by molar-refractivity contribution is 0.334. The number of hydrogen-bond acceptors (Lipinski definition) is 2. The van der Waals surface area contributed by atoms with Gasteiger partial charge in [0.2, 0.25) is 0 Å². The largest absolute Gasteiger partial charge is 0.494 e. The van der Waals surface area contributed by atoms with E-state index in [0.717, 1.165) is 12.4 Å². The summed E-state index contributed by atoms with van der Waals surface area (Å²) in [5.74, 6) is 1.56. The first-order chi connectivity index (χ1) is 7.10. The molecule has 0 fully saturated rings. The third-order valence-electron chi connectivity index (χ3n) is 2.45. The summed E-state index contributed by atoms with van der Waals surface area (Å²) in [6.07, 6.45) is 2.12. The second-order valence-electron chi connectivity index (χ2n) is 3.95. The average molecular weight is 224 g/mol. The summed E-state index contributed by atoms with van der Waals surface area (Å²) >= 11 is 1.80. The maximum absolute atomic E-state index is 5.67. The Morgan fingerprint density at radius 1 is 1.33 bits per heavy atom. The normalized spacial score (nSPS) is 10.8. The van der Waals surface area contributed by atoms with E-state index in [1.54, 1.807) is 11.8 Å². The minimum atomic E-state index is 0.512. The molecule has 0 aliphatic heterocycles. The molecule has 0 saturated carbocycles. The van der Waals surface area contributed by atoms with Gasteiger partial charge in [-0.15, -0.1) is 11.8 Å². The summed E-state index contributed by atoms with van der Waals surface area (Å²) in [7, 11) is 0. The first kappa shape index (κ1) is 12.4. The van der Waals surface area contributed by atoms with Crippen LogP contribution in [0.3, 0.4) is 0 Å². The van der Waals surface area contributed by atoms with Crippen LogP contribution < -0.4 is 4.74 Å². The fourth-order valence-electron chi connectivity index (χ4n) is 1.63. The lowest BCUT2D eigenvalue weighted by Crippen LogP contribution is -1.99. The molecule has 1 aromatic rings. The van der Waals surface area contributed by atoms with Crippen molar-refractivity contribution >= 4 is 11.8 Å². The van der Waals surface area contributed by atoms with Gasteiger partial charge in [-0.1, -0.05) is 13.8 Å². The third kappa shape index (κ3) is 2.91. The molecule has 1 aromatic carbocycles. The van der Waals surface area contributed by atoms with Crippen molar-refractivity contribution in [1.29, 1.82) is 0 Å². The fraction of sp³-hybridized carbons (Fsp3) is 0.538. The maximum atomic E-state index is 5.67. The number of aryl methyl sites for hydroxylation is 1. The highest BCUT2D eigenvalue weighted by Gasteiger charge is 2.10. The molecule has 1 rings (SSSR count). The van der Waals surface area contributed by atoms with Crippen molar-refractivity contribution in [3.8, 4) is 5.75 Å². The zero-order chi connectivity index (χ0) is 11.4. The Balaban J connectivity index is 3.19. The Hall–Kier alpha value is -0.630. The standard InChI is InChI=1S/C13H20OS/c1-6-14-12-7-10(4)13(15-5)8-11(12)9(2)3/h7-9H,6H2,1-5H3. The van der Waals surface area contributed by atoms with E-state index in [9.17, 15) is 0 Å². The van der Waals surface area contributed by atoms with Crippen molar-refractivity contribution in [2.45, 2.75) is 38.5 Å². The Kier molecular flexibility index (Phi) is 4.52. The Morgan fingerprint density at radius 3 is 2.47 bits per heavy atom. The van der Waals surface area contributed by atoms with Crippen LogP contribution in [0.1, 0.15) is 37.8 Å². The summed E-state index contributed by atoms with van der Waals surface area (Å²) in [6, 6.07) is 4.42. The zero-order valence-corrected chi connectivity index (χ0v) is 11.1. The second kappa shape index (κ2) is 5.45. The van der Waals surface area contributed by atoms with Crippen LogP contribution in [0.4, 0.5) is 0 Å². The molecular weight excluding hydrogens is 204 g/mol. The lowest BCUT2D eigenvalue weighted by atomic mass is 10.0. The topological polar surface area (TPSA) is 9.23 Å². The number of hydrogen-bond donors (Lipinski definition) is 0. The van der Waals surface area contributed by atoms with Gasteiger partial charge in [0, 0.05) is 4.90 Å². The second-order valence-corrected chi connectivity index (χ2v) is 4.80. The van der Waals surface area contributed by atoms with E-state index in [1.807, 2.05) is 6.92 Å². The molecule has 0 radical (unpaired) electrons. The Labute approximate surface area is 97.2 Å². The quantitative estimate of drug-likeness (QED) is 0.707. The summed E-state index contributed by atoms with van der Waals surface area (Å²) in [5.41, 5.74) is 2.61. The predicted octanol–water partition coefficient (Wildman–Crippen LogP) is 4.24. The molecule has 1 nitrogen and oxygen atoms in total. The molecule has 0 N–H and O–H groups in total. The van der Waals surface area contributed by atoms with Crippen LogP contribution in [0.5, 0.6) is 5.75 Å². The molecule has 0 aliphatic rings. The van der Waals surface area contributed by atoms with Crippen molar-refractivity contribution in [2.75, 3.05) is 12.9 Å². The van der Waals surface area contributed by atoms with Gasteiger partial charge in [0.1, 0.15) is 5.75 Å². The van der Waals surface area contributed by atoms with Crippen LogP contribution in [0.15, 0.2) is 17.0 Å². The van der Waals surface area contributed by atoms with Crippen LogP contribution >= 0.6 is 11.8 Å². The summed E-state index contributed by atoms with van der Waals surface area (Å²) in [5, 5.41) is 0. The van der Waals surface area contributed by atoms with Crippen LogP contribution in [0.25, 0.3) is 0 Å². The van der Waals surface area contributed by atoms with E-state index in [1.165, 1.54) is 16.0 Å². The minimum absolute atomic E-state index is 0.512. The van der Waals surface area contributed by atoms with E-state index in [2.05, 4.69) is 39.2 Å². The monoisotopic (exact) mass is 224 g/mol. The predicted molar refractivity (Wildman–Crippen MR) is 68.2 cm³/mol. The highest BCUT2D eigenvalue weighted by molar-refractivity contribution is 7.98. The van der Waals surface area contributed by atoms with E-state index in [-0.39, 0.29) is 0 Å². The molecule has 2 heteroatoms. The van der Waals surface area contributed by atoms with Crippen LogP contribution in [-0.2, 0) is 0 Å². The highest BCUT2D eigenvalue weighted by atomic mass is 32.2. The molecule has 0 amide bonds. The summed E-state index contributed by atoms with van der Waals surface area (Å²) in [4.78, 5) is 1.35. The van der Waals surface area contributed by atoms with E-state index in [4.69, 9.17) is 4.74 Å². The van der Waals surface area contributed by atoms with Crippen molar-refractivity contribution in [3.63, 3.8) is 0 Å². The summed E-state index contributed by atoms with van der Waals surface area (Å²) < 4.78 is 5.67. The molecule has 0 bridgehead atoms. The minimum Gasteiger partial charge on any atom is -0.494 e. The van der Waals surface area contributed by atoms with Gasteiger partial charge in [-0.2, -0.15) is 0 Å². The smallest absolute Gasteiger partial charge is 0.123 e. The van der Waals surface area contributed by atoms with Gasteiger partial charge in [0.05, 0.1) is 6.61 Å². The molecule has 0 spiro atoms. The first-order valence-corrected chi connectivity index (χ1v) is 6.64. The van der Waals surface area contributed by atoms with Crippen molar-refractivity contribution < 1.29 is 4.74 Å². The van der Waals surface area contributed by atoms with Crippen LogP contribution in [0.2, 0.25) is 0 Å². The van der Waals surface area contributed by atoms with Gasteiger partial charge in [-0.25, -0.2) is 0 Å². The van der Waals surface area contributed by atoms with Crippen LogP contribution in [-0.4, -0.2) is 12.9 Å². The SMILES string of the molecule is CCOc1cc(C)c(SC)cc1C(C)C. The van der Waals surface area contributed by atoms with Gasteiger partial charge in [0.25, 0.3) is 0 Å². The van der Waals surface area contributed by atoms with Crippen molar-refractivity contribution in [2.24, 2.45) is 0 Å². The van der Waals surface area contributed by atoms with Gasteiger partial charge >= 0.3 is 0 Å². The average Bonchev–Trinajstić information content (AvgIpc) is 2.18. The lowest BCUT2D eigenvalue weighted by Gasteiger charge is -2.16. The van der Waals surface area contributed by atoms with Gasteiger partial charge < -0.3 is 4.74 Å². The first-order valence-electron chi connectivity index (χ1n) is 5.41. The number of ether oxygens (including phenoxy) is 1. The van der Waals surface area contributed by atoms with Gasteiger partial charge in [0.15, 0.2) is 0 Å². The van der Waals surface area contributed by atoms with E-state index >= 15 is 0 Å². The fourth-order valence-corrected chi connectivity index (χ4v) is 2.25. The molecular formula is C13H20OS.